The zero-order chi connectivity index (χ0) is 15.0. The van der Waals surface area contributed by atoms with Gasteiger partial charge < -0.3 is 10.2 Å². The van der Waals surface area contributed by atoms with Gasteiger partial charge in [-0.2, -0.15) is 4.99 Å². The number of halogens is 2. The van der Waals surface area contributed by atoms with Gasteiger partial charge in [-0.25, -0.2) is 0 Å². The van der Waals surface area contributed by atoms with Crippen molar-refractivity contribution in [2.24, 2.45) is 10.7 Å². The van der Waals surface area contributed by atoms with Gasteiger partial charge in [-0.05, 0) is 36.0 Å². The summed E-state index contributed by atoms with van der Waals surface area (Å²) in [5, 5.41) is 1.11. The highest BCUT2D eigenvalue weighted by Crippen LogP contribution is 2.35. The van der Waals surface area contributed by atoms with Gasteiger partial charge in [-0.15, -0.1) is 0 Å². The Morgan fingerprint density at radius 2 is 2.05 bits per heavy atom. The fourth-order valence-corrected chi connectivity index (χ4v) is 2.88. The third kappa shape index (κ3) is 2.85. The SMILES string of the molecule is NC1=NC(=O)C(=Cc2ccc(-c3cccc(Cl)c3Cl)o2)S1. The third-order valence-electron chi connectivity index (χ3n) is 2.75. The molecule has 1 aliphatic heterocycles. The van der Waals surface area contributed by atoms with Crippen LogP contribution in [0, 0.1) is 0 Å². The summed E-state index contributed by atoms with van der Waals surface area (Å²) in [6, 6.07) is 8.79. The Hall–Kier alpha value is -1.69. The van der Waals surface area contributed by atoms with Crippen LogP contribution in [0.1, 0.15) is 5.76 Å². The van der Waals surface area contributed by atoms with Gasteiger partial charge in [0.05, 0.1) is 15.0 Å². The average molecular weight is 339 g/mol. The number of carbonyl (C=O) groups is 1. The highest BCUT2D eigenvalue weighted by Gasteiger charge is 2.20. The molecule has 0 atom stereocenters. The lowest BCUT2D eigenvalue weighted by molar-refractivity contribution is -0.113. The van der Waals surface area contributed by atoms with E-state index in [1.807, 2.05) is 0 Å². The molecule has 3 rings (SSSR count). The first-order chi connectivity index (χ1) is 10.0. The van der Waals surface area contributed by atoms with E-state index >= 15 is 0 Å². The predicted octanol–water partition coefficient (Wildman–Crippen LogP) is 4.18. The van der Waals surface area contributed by atoms with Gasteiger partial charge in [0, 0.05) is 11.6 Å². The number of benzene rings is 1. The third-order valence-corrected chi connectivity index (χ3v) is 4.39. The van der Waals surface area contributed by atoms with E-state index in [0.717, 1.165) is 11.8 Å². The standard InChI is InChI=1S/C14H8Cl2N2O2S/c15-9-3-1-2-8(12(9)16)10-5-4-7(20-10)6-11-13(19)18-14(17)21-11/h1-6H,(H2,17,18,19). The first-order valence-electron chi connectivity index (χ1n) is 5.87. The lowest BCUT2D eigenvalue weighted by atomic mass is 10.2. The molecule has 0 spiro atoms. The minimum atomic E-state index is -0.365. The molecule has 2 aromatic rings. The highest BCUT2D eigenvalue weighted by atomic mass is 35.5. The Morgan fingerprint density at radius 1 is 1.24 bits per heavy atom. The Kier molecular flexibility index (Phi) is 3.80. The predicted molar refractivity (Wildman–Crippen MR) is 86.4 cm³/mol. The molecule has 0 saturated carbocycles. The molecule has 2 N–H and O–H groups in total. The van der Waals surface area contributed by atoms with E-state index in [-0.39, 0.29) is 11.1 Å². The van der Waals surface area contributed by atoms with Crippen LogP contribution in [-0.2, 0) is 4.79 Å². The van der Waals surface area contributed by atoms with Crippen molar-refractivity contribution in [2.45, 2.75) is 0 Å². The van der Waals surface area contributed by atoms with Gasteiger partial charge in [0.15, 0.2) is 5.17 Å². The van der Waals surface area contributed by atoms with Crippen LogP contribution >= 0.6 is 35.0 Å². The molecule has 106 valence electrons. The van der Waals surface area contributed by atoms with Crippen molar-refractivity contribution < 1.29 is 9.21 Å². The highest BCUT2D eigenvalue weighted by molar-refractivity contribution is 8.18. The minimum Gasteiger partial charge on any atom is -0.457 e. The fraction of sp³-hybridized carbons (Fsp3) is 0. The van der Waals surface area contributed by atoms with Crippen LogP contribution in [0.15, 0.2) is 44.6 Å². The summed E-state index contributed by atoms with van der Waals surface area (Å²) < 4.78 is 5.67. The van der Waals surface area contributed by atoms with Crippen molar-refractivity contribution in [1.29, 1.82) is 0 Å². The van der Waals surface area contributed by atoms with Crippen LogP contribution in [-0.4, -0.2) is 11.1 Å². The van der Waals surface area contributed by atoms with Crippen molar-refractivity contribution >= 4 is 52.1 Å². The molecule has 0 saturated heterocycles. The van der Waals surface area contributed by atoms with Gasteiger partial charge >= 0.3 is 0 Å². The molecule has 4 nitrogen and oxygen atoms in total. The summed E-state index contributed by atoms with van der Waals surface area (Å²) in [6.07, 6.45) is 1.60. The second kappa shape index (κ2) is 5.60. The van der Waals surface area contributed by atoms with Gasteiger partial charge in [0.25, 0.3) is 5.91 Å². The van der Waals surface area contributed by atoms with Crippen molar-refractivity contribution in [3.63, 3.8) is 0 Å². The number of hydrogen-bond donors (Lipinski definition) is 1. The fourth-order valence-electron chi connectivity index (χ4n) is 1.82. The largest absolute Gasteiger partial charge is 0.457 e. The van der Waals surface area contributed by atoms with E-state index in [1.54, 1.807) is 36.4 Å². The zero-order valence-electron chi connectivity index (χ0n) is 10.5. The maximum absolute atomic E-state index is 11.5. The van der Waals surface area contributed by atoms with E-state index in [2.05, 4.69) is 4.99 Å². The van der Waals surface area contributed by atoms with Crippen LogP contribution in [0.25, 0.3) is 17.4 Å². The quantitative estimate of drug-likeness (QED) is 0.834. The summed E-state index contributed by atoms with van der Waals surface area (Å²) >= 11 is 13.2. The minimum absolute atomic E-state index is 0.232. The van der Waals surface area contributed by atoms with E-state index in [4.69, 9.17) is 33.4 Å². The molecule has 0 aliphatic carbocycles. The molecule has 1 aromatic carbocycles. The normalized spacial score (nSPS) is 16.6. The summed E-state index contributed by atoms with van der Waals surface area (Å²) in [5.41, 5.74) is 6.18. The smallest absolute Gasteiger partial charge is 0.286 e. The van der Waals surface area contributed by atoms with Gasteiger partial charge in [0.1, 0.15) is 11.5 Å². The van der Waals surface area contributed by atoms with Crippen LogP contribution in [0.3, 0.4) is 0 Å². The molecule has 7 heteroatoms. The van der Waals surface area contributed by atoms with E-state index < -0.39 is 0 Å². The molecule has 2 heterocycles. The summed E-state index contributed by atoms with van der Waals surface area (Å²) in [5.74, 6) is 0.719. The monoisotopic (exact) mass is 338 g/mol. The maximum Gasteiger partial charge on any atom is 0.286 e. The number of amides is 1. The molecule has 0 radical (unpaired) electrons. The van der Waals surface area contributed by atoms with Gasteiger partial charge in [0.2, 0.25) is 0 Å². The van der Waals surface area contributed by atoms with E-state index in [1.165, 1.54) is 0 Å². The van der Waals surface area contributed by atoms with Crippen LogP contribution < -0.4 is 5.73 Å². The maximum atomic E-state index is 11.5. The Bertz CT molecular complexity index is 796. The van der Waals surface area contributed by atoms with Crippen molar-refractivity contribution in [3.05, 3.63) is 51.0 Å². The lowest BCUT2D eigenvalue weighted by Crippen LogP contribution is -2.01. The first kappa shape index (κ1) is 14.3. The number of amidine groups is 1. The molecular weight excluding hydrogens is 331 g/mol. The van der Waals surface area contributed by atoms with Gasteiger partial charge in [-0.3, -0.25) is 4.79 Å². The van der Waals surface area contributed by atoms with E-state index in [9.17, 15) is 4.79 Å². The Morgan fingerprint density at radius 3 is 2.76 bits per heavy atom. The number of aliphatic imine (C=N–C) groups is 1. The molecule has 0 bridgehead atoms. The van der Waals surface area contributed by atoms with Crippen molar-refractivity contribution in [2.75, 3.05) is 0 Å². The molecule has 0 fully saturated rings. The Balaban J connectivity index is 1.93. The molecule has 1 amide bonds. The molecule has 1 aliphatic rings. The second-order valence-corrected chi connectivity index (χ2v) is 6.02. The number of nitrogens with two attached hydrogens (primary N) is 1. The number of rotatable bonds is 2. The number of carbonyl (C=O) groups excluding carboxylic acids is 1. The first-order valence-corrected chi connectivity index (χ1v) is 7.44. The van der Waals surface area contributed by atoms with Crippen molar-refractivity contribution in [1.82, 2.24) is 0 Å². The van der Waals surface area contributed by atoms with Crippen molar-refractivity contribution in [3.8, 4) is 11.3 Å². The zero-order valence-corrected chi connectivity index (χ0v) is 12.8. The molecule has 0 unspecified atom stereocenters. The topological polar surface area (TPSA) is 68.6 Å². The number of thioether (sulfide) groups is 1. The van der Waals surface area contributed by atoms with Crippen LogP contribution in [0.4, 0.5) is 0 Å². The molecular formula is C14H8Cl2N2O2S. The lowest BCUT2D eigenvalue weighted by Gasteiger charge is -2.01. The molecule has 1 aromatic heterocycles. The number of furan rings is 1. The summed E-state index contributed by atoms with van der Waals surface area (Å²) in [7, 11) is 0. The second-order valence-electron chi connectivity index (χ2n) is 4.17. The molecule has 21 heavy (non-hydrogen) atoms. The summed E-state index contributed by atoms with van der Waals surface area (Å²) in [4.78, 5) is 15.6. The van der Waals surface area contributed by atoms with Crippen LogP contribution in [0.2, 0.25) is 10.0 Å². The van der Waals surface area contributed by atoms with Crippen LogP contribution in [0.5, 0.6) is 0 Å². The summed E-state index contributed by atoms with van der Waals surface area (Å²) in [6.45, 7) is 0. The van der Waals surface area contributed by atoms with E-state index in [0.29, 0.717) is 32.0 Å². The average Bonchev–Trinajstić information content (AvgIpc) is 3.01. The number of hydrogen-bond acceptors (Lipinski definition) is 4. The van der Waals surface area contributed by atoms with Gasteiger partial charge in [-0.1, -0.05) is 29.3 Å². The Labute approximate surface area is 134 Å². The number of nitrogens with zero attached hydrogens (tertiary/aromatic N) is 1.